The largest absolute Gasteiger partial charge is 0.454 e. The average molecular weight is 639 g/mol. The summed E-state index contributed by atoms with van der Waals surface area (Å²) in [6.45, 7) is 0. The summed E-state index contributed by atoms with van der Waals surface area (Å²) in [5.74, 6) is 0. The van der Waals surface area contributed by atoms with E-state index < -0.39 is 0 Å². The molecule has 3 heteroatoms. The van der Waals surface area contributed by atoms with Crippen LogP contribution in [0, 0.1) is 0 Å². The molecule has 0 N–H and O–H groups in total. The molecular weight excluding hydrogens is 609 g/mol. The predicted octanol–water partition coefficient (Wildman–Crippen LogP) is 12.7. The molecule has 0 aliphatic carbocycles. The highest BCUT2D eigenvalue weighted by Gasteiger charge is 2.14. The van der Waals surface area contributed by atoms with Crippen LogP contribution < -0.4 is 0 Å². The van der Waals surface area contributed by atoms with E-state index >= 15 is 0 Å². The highest BCUT2D eigenvalue weighted by molar-refractivity contribution is 6.10. The molecule has 0 spiro atoms. The minimum absolute atomic E-state index is 0.811. The highest BCUT2D eigenvalue weighted by Crippen LogP contribution is 2.37. The number of aromatic nitrogens is 2. The van der Waals surface area contributed by atoms with Crippen molar-refractivity contribution in [3.8, 4) is 50.2 Å². The molecule has 0 saturated carbocycles. The van der Waals surface area contributed by atoms with Gasteiger partial charge in [0.25, 0.3) is 0 Å². The first-order chi connectivity index (χ1) is 24.8. The van der Waals surface area contributed by atoms with Gasteiger partial charge in [0.1, 0.15) is 11.1 Å². The van der Waals surface area contributed by atoms with E-state index in [-0.39, 0.29) is 0 Å². The highest BCUT2D eigenvalue weighted by atomic mass is 16.3. The zero-order valence-corrected chi connectivity index (χ0v) is 27.1. The Bertz CT molecular complexity index is 2880. The third kappa shape index (κ3) is 4.71. The van der Waals surface area contributed by atoms with Gasteiger partial charge in [0.05, 0.1) is 11.0 Å². The molecule has 7 aromatic carbocycles. The fourth-order valence-corrected chi connectivity index (χ4v) is 7.42. The van der Waals surface area contributed by atoms with Gasteiger partial charge in [-0.3, -0.25) is 4.98 Å². The number of hydrogen-bond acceptors (Lipinski definition) is 2. The molecule has 0 radical (unpaired) electrons. The summed E-state index contributed by atoms with van der Waals surface area (Å²) in [4.78, 5) is 4.58. The van der Waals surface area contributed by atoms with E-state index in [0.29, 0.717) is 0 Å². The lowest BCUT2D eigenvalue weighted by molar-refractivity contribution is 0.668. The molecule has 3 aromatic heterocycles. The Morgan fingerprint density at radius 2 is 0.900 bits per heavy atom. The first kappa shape index (κ1) is 28.3. The number of benzene rings is 7. The van der Waals surface area contributed by atoms with Crippen molar-refractivity contribution in [2.24, 2.45) is 0 Å². The van der Waals surface area contributed by atoms with Gasteiger partial charge >= 0.3 is 0 Å². The molecule has 0 saturated heterocycles. The van der Waals surface area contributed by atoms with Gasteiger partial charge in [0.15, 0.2) is 5.58 Å². The van der Waals surface area contributed by atoms with Crippen molar-refractivity contribution < 1.29 is 4.42 Å². The molecular formula is C47H30N2O. The first-order valence-electron chi connectivity index (χ1n) is 16.9. The monoisotopic (exact) mass is 638 g/mol. The molecule has 0 unspecified atom stereocenters. The summed E-state index contributed by atoms with van der Waals surface area (Å²) in [7, 11) is 0. The summed E-state index contributed by atoms with van der Waals surface area (Å²) in [6.07, 6.45) is 1.82. The lowest BCUT2D eigenvalue weighted by atomic mass is 9.94. The molecule has 10 rings (SSSR count). The first-order valence-corrected chi connectivity index (χ1v) is 16.9. The lowest BCUT2D eigenvalue weighted by Gasteiger charge is -2.11. The summed E-state index contributed by atoms with van der Waals surface area (Å²) in [5, 5.41) is 3.55. The maximum Gasteiger partial charge on any atom is 0.153 e. The maximum atomic E-state index is 6.02. The SMILES string of the molecule is c1ccc(-n2c3ccccc3c3cc(-c4cccc(-c5cccc(-c6cccc(-c7ccc8oc9cccnc9c8c7)c6)c5)c4)ccc32)cc1. The predicted molar refractivity (Wildman–Crippen MR) is 208 cm³/mol. The minimum Gasteiger partial charge on any atom is -0.454 e. The molecule has 0 aliphatic rings. The standard InChI is InChI=1S/C47H30N2O/c1-2-16-39(17-3-1)49-43-19-5-4-18-40(43)41-29-37(21-23-44(41)49)35-14-7-12-33(27-35)31-10-6-11-32(26-31)34-13-8-15-36(28-34)38-22-24-45-42(30-38)47-46(50-45)20-9-25-48-47/h1-30H. The average Bonchev–Trinajstić information content (AvgIpc) is 3.73. The zero-order valence-electron chi connectivity index (χ0n) is 27.1. The summed E-state index contributed by atoms with van der Waals surface area (Å²) in [5.41, 5.74) is 15.6. The fraction of sp³-hybridized carbons (Fsp3) is 0. The number of hydrogen-bond donors (Lipinski definition) is 0. The maximum absolute atomic E-state index is 6.02. The molecule has 0 bridgehead atoms. The van der Waals surface area contributed by atoms with Gasteiger partial charge in [-0.2, -0.15) is 0 Å². The van der Waals surface area contributed by atoms with Crippen molar-refractivity contribution in [3.05, 3.63) is 182 Å². The smallest absolute Gasteiger partial charge is 0.153 e. The van der Waals surface area contributed by atoms with Crippen LogP contribution in [0.1, 0.15) is 0 Å². The zero-order chi connectivity index (χ0) is 33.0. The van der Waals surface area contributed by atoms with E-state index in [9.17, 15) is 0 Å². The number of para-hydroxylation sites is 2. The normalized spacial score (nSPS) is 11.6. The Hall–Kier alpha value is -6.71. The molecule has 3 nitrogen and oxygen atoms in total. The van der Waals surface area contributed by atoms with Gasteiger partial charge in [-0.15, -0.1) is 0 Å². The van der Waals surface area contributed by atoms with Crippen LogP contribution in [0.4, 0.5) is 0 Å². The Morgan fingerprint density at radius 3 is 1.56 bits per heavy atom. The molecule has 3 heterocycles. The van der Waals surface area contributed by atoms with Crippen LogP contribution in [-0.2, 0) is 0 Å². The number of fused-ring (bicyclic) bond motifs is 6. The van der Waals surface area contributed by atoms with Crippen LogP contribution in [0.25, 0.3) is 94.1 Å². The van der Waals surface area contributed by atoms with E-state index in [1.807, 2.05) is 24.4 Å². The molecule has 0 fully saturated rings. The lowest BCUT2D eigenvalue weighted by Crippen LogP contribution is -1.92. The fourth-order valence-electron chi connectivity index (χ4n) is 7.42. The Balaban J connectivity index is 1.01. The van der Waals surface area contributed by atoms with E-state index in [1.165, 1.54) is 60.9 Å². The second-order valence-corrected chi connectivity index (χ2v) is 12.8. The number of furan rings is 1. The van der Waals surface area contributed by atoms with Crippen molar-refractivity contribution in [1.82, 2.24) is 9.55 Å². The van der Waals surface area contributed by atoms with Crippen molar-refractivity contribution in [2.75, 3.05) is 0 Å². The van der Waals surface area contributed by atoms with Crippen molar-refractivity contribution >= 4 is 43.9 Å². The second kappa shape index (κ2) is 11.5. The van der Waals surface area contributed by atoms with Crippen molar-refractivity contribution in [3.63, 3.8) is 0 Å². The molecule has 234 valence electrons. The van der Waals surface area contributed by atoms with Gasteiger partial charge < -0.3 is 8.98 Å². The minimum atomic E-state index is 0.811. The van der Waals surface area contributed by atoms with Gasteiger partial charge in [-0.1, -0.05) is 103 Å². The van der Waals surface area contributed by atoms with E-state index in [4.69, 9.17) is 4.42 Å². The summed E-state index contributed by atoms with van der Waals surface area (Å²) in [6, 6.07) is 62.9. The van der Waals surface area contributed by atoms with E-state index in [0.717, 1.165) is 33.2 Å². The van der Waals surface area contributed by atoms with Crippen LogP contribution in [0.2, 0.25) is 0 Å². The van der Waals surface area contributed by atoms with Gasteiger partial charge in [0, 0.05) is 28.0 Å². The second-order valence-electron chi connectivity index (χ2n) is 12.8. The van der Waals surface area contributed by atoms with Gasteiger partial charge in [-0.25, -0.2) is 0 Å². The van der Waals surface area contributed by atoms with Crippen LogP contribution in [-0.4, -0.2) is 9.55 Å². The number of pyridine rings is 1. The van der Waals surface area contributed by atoms with Crippen LogP contribution in [0.15, 0.2) is 187 Å². The van der Waals surface area contributed by atoms with E-state index in [2.05, 4.69) is 167 Å². The number of nitrogens with zero attached hydrogens (tertiary/aromatic N) is 2. The Labute approximate surface area is 289 Å². The van der Waals surface area contributed by atoms with Gasteiger partial charge in [0.2, 0.25) is 0 Å². The molecule has 10 aromatic rings. The quantitative estimate of drug-likeness (QED) is 0.188. The number of rotatable bonds is 5. The molecule has 0 aliphatic heterocycles. The Kier molecular flexibility index (Phi) is 6.49. The summed E-state index contributed by atoms with van der Waals surface area (Å²) < 4.78 is 8.38. The van der Waals surface area contributed by atoms with Crippen LogP contribution >= 0.6 is 0 Å². The van der Waals surface area contributed by atoms with Crippen LogP contribution in [0.5, 0.6) is 0 Å². The Morgan fingerprint density at radius 1 is 0.360 bits per heavy atom. The van der Waals surface area contributed by atoms with E-state index in [1.54, 1.807) is 0 Å². The molecule has 0 atom stereocenters. The molecule has 50 heavy (non-hydrogen) atoms. The molecule has 0 amide bonds. The topological polar surface area (TPSA) is 31.0 Å². The third-order valence-corrected chi connectivity index (χ3v) is 9.83. The van der Waals surface area contributed by atoms with Crippen LogP contribution in [0.3, 0.4) is 0 Å². The van der Waals surface area contributed by atoms with Crippen molar-refractivity contribution in [2.45, 2.75) is 0 Å². The third-order valence-electron chi connectivity index (χ3n) is 9.83. The van der Waals surface area contributed by atoms with Crippen molar-refractivity contribution in [1.29, 1.82) is 0 Å². The summed E-state index contributed by atoms with van der Waals surface area (Å²) >= 11 is 0. The van der Waals surface area contributed by atoms with Gasteiger partial charge in [-0.05, 0) is 117 Å².